The Balaban J connectivity index is 2.10. The number of nitrogens with two attached hydrogens (primary N) is 1. The van der Waals surface area contributed by atoms with Crippen LogP contribution in [0.25, 0.3) is 11.5 Å². The number of aromatic nitrogens is 2. The minimum Gasteiger partial charge on any atom is -0.494 e. The minimum absolute atomic E-state index is 0.522. The first-order valence-corrected chi connectivity index (χ1v) is 6.59. The number of aryl methyl sites for hydroxylation is 1. The maximum atomic E-state index is 5.58. The van der Waals surface area contributed by atoms with Gasteiger partial charge in [0.25, 0.3) is 5.89 Å². The predicted molar refractivity (Wildman–Crippen MR) is 72.9 cm³/mol. The molecule has 2 rings (SSSR count). The van der Waals surface area contributed by atoms with Gasteiger partial charge in [0.1, 0.15) is 5.75 Å². The van der Waals surface area contributed by atoms with E-state index in [1.54, 1.807) is 0 Å². The molecule has 0 aliphatic carbocycles. The van der Waals surface area contributed by atoms with E-state index in [2.05, 4.69) is 17.1 Å². The van der Waals surface area contributed by atoms with Crippen molar-refractivity contribution in [2.75, 3.05) is 13.2 Å². The summed E-state index contributed by atoms with van der Waals surface area (Å²) in [5.74, 6) is 2.04. The number of benzene rings is 1. The van der Waals surface area contributed by atoms with E-state index in [1.165, 1.54) is 0 Å². The van der Waals surface area contributed by atoms with Crippen LogP contribution in [0.15, 0.2) is 28.8 Å². The fraction of sp³-hybridized carbons (Fsp3) is 0.429. The average Bonchev–Trinajstić information content (AvgIpc) is 2.92. The van der Waals surface area contributed by atoms with Gasteiger partial charge in [0.2, 0.25) is 0 Å². The number of ether oxygens (including phenoxy) is 1. The molecule has 0 saturated carbocycles. The SMILES string of the molecule is CCCOc1cccc(-c2nc(CCCN)no2)c1. The van der Waals surface area contributed by atoms with E-state index in [4.69, 9.17) is 15.0 Å². The standard InChI is InChI=1S/C14H19N3O2/c1-2-9-18-12-6-3-5-11(10-12)14-16-13(17-19-14)7-4-8-15/h3,5-6,10H,2,4,7-9,15H2,1H3. The highest BCUT2D eigenvalue weighted by molar-refractivity contribution is 5.55. The van der Waals surface area contributed by atoms with Gasteiger partial charge in [-0.05, 0) is 37.6 Å². The Labute approximate surface area is 112 Å². The van der Waals surface area contributed by atoms with E-state index in [-0.39, 0.29) is 0 Å². The molecule has 19 heavy (non-hydrogen) atoms. The molecule has 0 atom stereocenters. The van der Waals surface area contributed by atoms with Gasteiger partial charge in [-0.1, -0.05) is 18.1 Å². The van der Waals surface area contributed by atoms with E-state index < -0.39 is 0 Å². The van der Waals surface area contributed by atoms with Crippen molar-refractivity contribution >= 4 is 0 Å². The first-order chi connectivity index (χ1) is 9.33. The molecule has 102 valence electrons. The number of hydrogen-bond acceptors (Lipinski definition) is 5. The molecule has 0 spiro atoms. The smallest absolute Gasteiger partial charge is 0.258 e. The Kier molecular flexibility index (Phi) is 4.92. The van der Waals surface area contributed by atoms with Crippen LogP contribution in [0.3, 0.4) is 0 Å². The second-order valence-electron chi connectivity index (χ2n) is 4.28. The molecule has 0 aliphatic rings. The van der Waals surface area contributed by atoms with Crippen molar-refractivity contribution in [3.05, 3.63) is 30.1 Å². The van der Waals surface area contributed by atoms with Crippen LogP contribution in [0.4, 0.5) is 0 Å². The largest absolute Gasteiger partial charge is 0.494 e. The second-order valence-corrected chi connectivity index (χ2v) is 4.28. The van der Waals surface area contributed by atoms with Gasteiger partial charge < -0.3 is 15.0 Å². The molecule has 5 nitrogen and oxygen atoms in total. The van der Waals surface area contributed by atoms with Gasteiger partial charge in [0.15, 0.2) is 5.82 Å². The summed E-state index contributed by atoms with van der Waals surface area (Å²) < 4.78 is 10.8. The van der Waals surface area contributed by atoms with Crippen LogP contribution in [0.5, 0.6) is 5.75 Å². The molecular formula is C14H19N3O2. The van der Waals surface area contributed by atoms with Crippen molar-refractivity contribution in [1.29, 1.82) is 0 Å². The molecule has 0 radical (unpaired) electrons. The summed E-state index contributed by atoms with van der Waals surface area (Å²) in [6.07, 6.45) is 2.58. The zero-order valence-corrected chi connectivity index (χ0v) is 11.1. The lowest BCUT2D eigenvalue weighted by atomic mass is 10.2. The number of nitrogens with zero attached hydrogens (tertiary/aromatic N) is 2. The normalized spacial score (nSPS) is 10.6. The van der Waals surface area contributed by atoms with Crippen molar-refractivity contribution in [3.63, 3.8) is 0 Å². The molecule has 0 aliphatic heterocycles. The molecular weight excluding hydrogens is 242 g/mol. The van der Waals surface area contributed by atoms with E-state index >= 15 is 0 Å². The summed E-state index contributed by atoms with van der Waals surface area (Å²) in [4.78, 5) is 4.35. The third-order valence-electron chi connectivity index (χ3n) is 2.63. The van der Waals surface area contributed by atoms with Gasteiger partial charge in [-0.15, -0.1) is 0 Å². The third kappa shape index (κ3) is 3.79. The summed E-state index contributed by atoms with van der Waals surface area (Å²) in [6, 6.07) is 7.68. The van der Waals surface area contributed by atoms with Crippen LogP contribution in [0.2, 0.25) is 0 Å². The molecule has 0 fully saturated rings. The first kappa shape index (κ1) is 13.5. The van der Waals surface area contributed by atoms with Crippen LogP contribution in [-0.4, -0.2) is 23.3 Å². The molecule has 5 heteroatoms. The lowest BCUT2D eigenvalue weighted by molar-refractivity contribution is 0.317. The van der Waals surface area contributed by atoms with Crippen molar-refractivity contribution in [2.45, 2.75) is 26.2 Å². The summed E-state index contributed by atoms with van der Waals surface area (Å²) >= 11 is 0. The van der Waals surface area contributed by atoms with Crippen LogP contribution in [0.1, 0.15) is 25.6 Å². The lowest BCUT2D eigenvalue weighted by Gasteiger charge is -2.04. The van der Waals surface area contributed by atoms with E-state index in [9.17, 15) is 0 Å². The highest BCUT2D eigenvalue weighted by atomic mass is 16.5. The van der Waals surface area contributed by atoms with Crippen LogP contribution >= 0.6 is 0 Å². The van der Waals surface area contributed by atoms with Gasteiger partial charge in [-0.2, -0.15) is 4.98 Å². The van der Waals surface area contributed by atoms with E-state index in [0.717, 1.165) is 30.6 Å². The molecule has 2 aromatic rings. The van der Waals surface area contributed by atoms with Crippen LogP contribution in [-0.2, 0) is 6.42 Å². The molecule has 0 saturated heterocycles. The average molecular weight is 261 g/mol. The summed E-state index contributed by atoms with van der Waals surface area (Å²) in [6.45, 7) is 3.41. The van der Waals surface area contributed by atoms with Gasteiger partial charge in [0, 0.05) is 12.0 Å². The molecule has 0 bridgehead atoms. The van der Waals surface area contributed by atoms with Crippen LogP contribution < -0.4 is 10.5 Å². The Bertz CT molecular complexity index is 511. The Morgan fingerprint density at radius 1 is 1.37 bits per heavy atom. The van der Waals surface area contributed by atoms with Crippen LogP contribution in [0, 0.1) is 0 Å². The highest BCUT2D eigenvalue weighted by Crippen LogP contribution is 2.22. The fourth-order valence-electron chi connectivity index (χ4n) is 1.67. The van der Waals surface area contributed by atoms with Crippen molar-refractivity contribution in [1.82, 2.24) is 10.1 Å². The maximum Gasteiger partial charge on any atom is 0.258 e. The topological polar surface area (TPSA) is 74.2 Å². The zero-order valence-electron chi connectivity index (χ0n) is 11.1. The van der Waals surface area contributed by atoms with Crippen molar-refractivity contribution in [2.24, 2.45) is 5.73 Å². The summed E-state index contributed by atoms with van der Waals surface area (Å²) in [5.41, 5.74) is 6.33. The highest BCUT2D eigenvalue weighted by Gasteiger charge is 2.09. The van der Waals surface area contributed by atoms with Gasteiger partial charge in [-0.3, -0.25) is 0 Å². The third-order valence-corrected chi connectivity index (χ3v) is 2.63. The van der Waals surface area contributed by atoms with E-state index in [0.29, 0.717) is 24.9 Å². The summed E-state index contributed by atoms with van der Waals surface area (Å²) in [7, 11) is 0. The number of rotatable bonds is 7. The Morgan fingerprint density at radius 2 is 2.26 bits per heavy atom. The lowest BCUT2D eigenvalue weighted by Crippen LogP contribution is -2.01. The molecule has 1 heterocycles. The monoisotopic (exact) mass is 261 g/mol. The van der Waals surface area contributed by atoms with Crippen molar-refractivity contribution < 1.29 is 9.26 Å². The Morgan fingerprint density at radius 3 is 3.05 bits per heavy atom. The van der Waals surface area contributed by atoms with Crippen molar-refractivity contribution in [3.8, 4) is 17.2 Å². The van der Waals surface area contributed by atoms with Gasteiger partial charge >= 0.3 is 0 Å². The first-order valence-electron chi connectivity index (χ1n) is 6.59. The fourth-order valence-corrected chi connectivity index (χ4v) is 1.67. The zero-order chi connectivity index (χ0) is 13.5. The Hall–Kier alpha value is -1.88. The molecule has 0 amide bonds. The second kappa shape index (κ2) is 6.89. The van der Waals surface area contributed by atoms with E-state index in [1.807, 2.05) is 24.3 Å². The predicted octanol–water partition coefficient (Wildman–Crippen LogP) is 2.42. The minimum atomic E-state index is 0.522. The quantitative estimate of drug-likeness (QED) is 0.828. The van der Waals surface area contributed by atoms with Gasteiger partial charge in [-0.25, -0.2) is 0 Å². The summed E-state index contributed by atoms with van der Waals surface area (Å²) in [5, 5.41) is 3.94. The van der Waals surface area contributed by atoms with Gasteiger partial charge in [0.05, 0.1) is 6.61 Å². The molecule has 2 N–H and O–H groups in total. The maximum absolute atomic E-state index is 5.58. The molecule has 1 aromatic carbocycles. The molecule has 1 aromatic heterocycles. The number of hydrogen-bond donors (Lipinski definition) is 1. The molecule has 0 unspecified atom stereocenters.